The summed E-state index contributed by atoms with van der Waals surface area (Å²) in [5.41, 5.74) is 0. The normalized spacial score (nSPS) is 21.7. The molecule has 1 saturated carbocycles. The van der Waals surface area contributed by atoms with Crippen molar-refractivity contribution in [3.63, 3.8) is 0 Å². The van der Waals surface area contributed by atoms with E-state index in [1.54, 1.807) is 0 Å². The van der Waals surface area contributed by atoms with E-state index in [-0.39, 0.29) is 0 Å². The van der Waals surface area contributed by atoms with Crippen LogP contribution in [0.4, 0.5) is 0 Å². The standard InChI is InChI=1S/C11H23NO/c1-10(12-8-5-9-13)11-6-3-2-4-7-11/h10-13H,2-9H2,1H3/t10-/m0/s1. The van der Waals surface area contributed by atoms with Crippen molar-refractivity contribution in [2.24, 2.45) is 5.92 Å². The Morgan fingerprint density at radius 3 is 2.62 bits per heavy atom. The molecule has 2 nitrogen and oxygen atoms in total. The van der Waals surface area contributed by atoms with E-state index >= 15 is 0 Å². The molecule has 0 spiro atoms. The fourth-order valence-corrected chi connectivity index (χ4v) is 2.21. The highest BCUT2D eigenvalue weighted by Gasteiger charge is 2.18. The van der Waals surface area contributed by atoms with E-state index in [4.69, 9.17) is 5.11 Å². The summed E-state index contributed by atoms with van der Waals surface area (Å²) in [6.07, 6.45) is 7.94. The molecule has 0 aromatic rings. The summed E-state index contributed by atoms with van der Waals surface area (Å²) in [6, 6.07) is 0.645. The van der Waals surface area contributed by atoms with E-state index in [1.165, 1.54) is 32.1 Å². The van der Waals surface area contributed by atoms with Crippen molar-refractivity contribution in [3.8, 4) is 0 Å². The molecule has 2 heteroatoms. The molecule has 0 aromatic heterocycles. The molecule has 1 atom stereocenters. The molecule has 78 valence electrons. The van der Waals surface area contributed by atoms with Crippen LogP contribution in [-0.2, 0) is 0 Å². The second-order valence-electron chi connectivity index (χ2n) is 4.22. The van der Waals surface area contributed by atoms with Gasteiger partial charge in [0.1, 0.15) is 0 Å². The molecule has 2 N–H and O–H groups in total. The number of rotatable bonds is 5. The number of nitrogens with one attached hydrogen (secondary N) is 1. The zero-order chi connectivity index (χ0) is 9.52. The van der Waals surface area contributed by atoms with Crippen LogP contribution in [0.2, 0.25) is 0 Å². The van der Waals surface area contributed by atoms with E-state index in [9.17, 15) is 0 Å². The first-order valence-electron chi connectivity index (χ1n) is 5.69. The summed E-state index contributed by atoms with van der Waals surface area (Å²) in [5, 5.41) is 12.1. The highest BCUT2D eigenvalue weighted by Crippen LogP contribution is 2.26. The predicted octanol–water partition coefficient (Wildman–Crippen LogP) is 1.93. The van der Waals surface area contributed by atoms with Crippen molar-refractivity contribution < 1.29 is 5.11 Å². The predicted molar refractivity (Wildman–Crippen MR) is 55.7 cm³/mol. The quantitative estimate of drug-likeness (QED) is 0.641. The Morgan fingerprint density at radius 1 is 1.31 bits per heavy atom. The Hall–Kier alpha value is -0.0800. The smallest absolute Gasteiger partial charge is 0.0443 e. The van der Waals surface area contributed by atoms with Crippen molar-refractivity contribution in [1.82, 2.24) is 5.32 Å². The van der Waals surface area contributed by atoms with Crippen LogP contribution in [0.25, 0.3) is 0 Å². The van der Waals surface area contributed by atoms with Gasteiger partial charge in [-0.1, -0.05) is 19.3 Å². The summed E-state index contributed by atoms with van der Waals surface area (Å²) in [5.74, 6) is 0.882. The molecule has 0 bridgehead atoms. The molecule has 0 unspecified atom stereocenters. The Labute approximate surface area is 81.7 Å². The van der Waals surface area contributed by atoms with E-state index in [2.05, 4.69) is 12.2 Å². The molecule has 0 amide bonds. The van der Waals surface area contributed by atoms with Gasteiger partial charge in [0.2, 0.25) is 0 Å². The van der Waals surface area contributed by atoms with Gasteiger partial charge >= 0.3 is 0 Å². The Morgan fingerprint density at radius 2 is 2.00 bits per heavy atom. The molecule has 0 radical (unpaired) electrons. The Kier molecular flexibility index (Phi) is 5.40. The molecule has 0 saturated heterocycles. The summed E-state index contributed by atoms with van der Waals surface area (Å²) in [4.78, 5) is 0. The van der Waals surface area contributed by atoms with Gasteiger partial charge in [0.15, 0.2) is 0 Å². The van der Waals surface area contributed by atoms with Crippen LogP contribution >= 0.6 is 0 Å². The third kappa shape index (κ3) is 4.10. The number of hydrogen-bond acceptors (Lipinski definition) is 2. The summed E-state index contributed by atoms with van der Waals surface area (Å²) in [6.45, 7) is 3.56. The van der Waals surface area contributed by atoms with Gasteiger partial charge in [-0.15, -0.1) is 0 Å². The zero-order valence-electron chi connectivity index (χ0n) is 8.76. The van der Waals surface area contributed by atoms with E-state index in [0.717, 1.165) is 18.9 Å². The van der Waals surface area contributed by atoms with Crippen molar-refractivity contribution in [1.29, 1.82) is 0 Å². The van der Waals surface area contributed by atoms with Crippen LogP contribution in [-0.4, -0.2) is 24.3 Å². The summed E-state index contributed by atoms with van der Waals surface area (Å²) >= 11 is 0. The average Bonchev–Trinajstić information content (AvgIpc) is 2.19. The maximum Gasteiger partial charge on any atom is 0.0443 e. The lowest BCUT2D eigenvalue weighted by atomic mass is 9.84. The highest BCUT2D eigenvalue weighted by atomic mass is 16.3. The third-order valence-corrected chi connectivity index (χ3v) is 3.16. The van der Waals surface area contributed by atoms with E-state index < -0.39 is 0 Å². The topological polar surface area (TPSA) is 32.3 Å². The first-order chi connectivity index (χ1) is 6.34. The van der Waals surface area contributed by atoms with Crippen molar-refractivity contribution in [2.45, 2.75) is 51.5 Å². The van der Waals surface area contributed by atoms with Crippen LogP contribution in [0.5, 0.6) is 0 Å². The lowest BCUT2D eigenvalue weighted by Gasteiger charge is -2.28. The van der Waals surface area contributed by atoms with Gasteiger partial charge in [-0.2, -0.15) is 0 Å². The molecule has 0 heterocycles. The molecule has 1 aliphatic rings. The maximum absolute atomic E-state index is 8.65. The second-order valence-corrected chi connectivity index (χ2v) is 4.22. The van der Waals surface area contributed by atoms with Crippen molar-refractivity contribution in [2.75, 3.05) is 13.2 Å². The molecular formula is C11H23NO. The monoisotopic (exact) mass is 185 g/mol. The summed E-state index contributed by atoms with van der Waals surface area (Å²) in [7, 11) is 0. The minimum absolute atomic E-state index is 0.310. The van der Waals surface area contributed by atoms with Gasteiger partial charge in [-0.25, -0.2) is 0 Å². The Bertz CT molecular complexity index is 121. The molecule has 13 heavy (non-hydrogen) atoms. The van der Waals surface area contributed by atoms with Crippen LogP contribution in [0.1, 0.15) is 45.4 Å². The lowest BCUT2D eigenvalue weighted by Crippen LogP contribution is -2.35. The SMILES string of the molecule is C[C@H](NCCCO)C1CCCCC1. The lowest BCUT2D eigenvalue weighted by molar-refractivity contribution is 0.258. The van der Waals surface area contributed by atoms with E-state index in [1.807, 2.05) is 0 Å². The molecule has 0 aliphatic heterocycles. The van der Waals surface area contributed by atoms with Crippen LogP contribution in [0.15, 0.2) is 0 Å². The Balaban J connectivity index is 2.09. The molecule has 1 rings (SSSR count). The minimum Gasteiger partial charge on any atom is -0.396 e. The number of aliphatic hydroxyl groups excluding tert-OH is 1. The molecular weight excluding hydrogens is 162 g/mol. The number of aliphatic hydroxyl groups is 1. The first kappa shape index (κ1) is 11.0. The van der Waals surface area contributed by atoms with Crippen LogP contribution in [0, 0.1) is 5.92 Å². The molecule has 1 aliphatic carbocycles. The fourth-order valence-electron chi connectivity index (χ4n) is 2.21. The fraction of sp³-hybridized carbons (Fsp3) is 1.00. The van der Waals surface area contributed by atoms with Gasteiger partial charge in [0.25, 0.3) is 0 Å². The van der Waals surface area contributed by atoms with Gasteiger partial charge in [-0.3, -0.25) is 0 Å². The highest BCUT2D eigenvalue weighted by molar-refractivity contribution is 4.75. The average molecular weight is 185 g/mol. The largest absolute Gasteiger partial charge is 0.396 e. The van der Waals surface area contributed by atoms with Gasteiger partial charge in [-0.05, 0) is 38.6 Å². The van der Waals surface area contributed by atoms with Gasteiger partial charge in [0, 0.05) is 12.6 Å². The third-order valence-electron chi connectivity index (χ3n) is 3.16. The zero-order valence-corrected chi connectivity index (χ0v) is 8.76. The van der Waals surface area contributed by atoms with E-state index in [0.29, 0.717) is 12.6 Å². The van der Waals surface area contributed by atoms with Gasteiger partial charge in [0.05, 0.1) is 0 Å². The van der Waals surface area contributed by atoms with Crippen molar-refractivity contribution in [3.05, 3.63) is 0 Å². The molecule has 1 fully saturated rings. The minimum atomic E-state index is 0.310. The van der Waals surface area contributed by atoms with Crippen molar-refractivity contribution >= 4 is 0 Å². The van der Waals surface area contributed by atoms with Crippen LogP contribution < -0.4 is 5.32 Å². The summed E-state index contributed by atoms with van der Waals surface area (Å²) < 4.78 is 0. The molecule has 0 aromatic carbocycles. The van der Waals surface area contributed by atoms with Crippen LogP contribution in [0.3, 0.4) is 0 Å². The first-order valence-corrected chi connectivity index (χ1v) is 5.69. The van der Waals surface area contributed by atoms with Gasteiger partial charge < -0.3 is 10.4 Å². The second kappa shape index (κ2) is 6.39. The number of hydrogen-bond donors (Lipinski definition) is 2. The maximum atomic E-state index is 8.65.